The van der Waals surface area contributed by atoms with Gasteiger partial charge in [-0.25, -0.2) is 4.39 Å². The number of carbonyl (C=O) groups excluding carboxylic acids is 1. The van der Waals surface area contributed by atoms with E-state index in [0.29, 0.717) is 22.6 Å². The predicted molar refractivity (Wildman–Crippen MR) is 82.5 cm³/mol. The Balaban J connectivity index is 1.78. The molecule has 0 atom stereocenters. The second-order valence-electron chi connectivity index (χ2n) is 4.96. The van der Waals surface area contributed by atoms with E-state index in [9.17, 15) is 9.18 Å². The van der Waals surface area contributed by atoms with Crippen LogP contribution in [-0.4, -0.2) is 24.6 Å². The lowest BCUT2D eigenvalue weighted by atomic mass is 10.1. The Morgan fingerprint density at radius 1 is 1.23 bits per heavy atom. The van der Waals surface area contributed by atoms with Gasteiger partial charge in [-0.15, -0.1) is 0 Å². The number of rotatable bonds is 3. The molecule has 1 heterocycles. The second-order valence-corrected chi connectivity index (χ2v) is 5.88. The maximum absolute atomic E-state index is 13.8. The average molecular weight is 366 g/mol. The van der Waals surface area contributed by atoms with E-state index < -0.39 is 0 Å². The second kappa shape index (κ2) is 5.96. The van der Waals surface area contributed by atoms with Crippen LogP contribution in [0.4, 0.5) is 4.39 Å². The third kappa shape index (κ3) is 2.92. The minimum Gasteiger partial charge on any atom is -0.454 e. The van der Waals surface area contributed by atoms with Gasteiger partial charge in [0.15, 0.2) is 11.5 Å². The van der Waals surface area contributed by atoms with Crippen molar-refractivity contribution in [3.8, 4) is 11.5 Å². The van der Waals surface area contributed by atoms with Crippen LogP contribution >= 0.6 is 15.9 Å². The Morgan fingerprint density at radius 2 is 2.00 bits per heavy atom. The van der Waals surface area contributed by atoms with E-state index in [0.717, 1.165) is 4.47 Å². The fraction of sp³-hybridized carbons (Fsp3) is 0.188. The largest absolute Gasteiger partial charge is 0.454 e. The van der Waals surface area contributed by atoms with Gasteiger partial charge in [0, 0.05) is 29.2 Å². The van der Waals surface area contributed by atoms with Crippen molar-refractivity contribution in [2.45, 2.75) is 6.54 Å². The third-order valence-corrected chi connectivity index (χ3v) is 3.87. The molecule has 3 rings (SSSR count). The molecule has 0 fully saturated rings. The lowest BCUT2D eigenvalue weighted by molar-refractivity contribution is 0.0783. The summed E-state index contributed by atoms with van der Waals surface area (Å²) in [5.41, 5.74) is 0.924. The summed E-state index contributed by atoms with van der Waals surface area (Å²) in [5.74, 6) is 0.622. The van der Waals surface area contributed by atoms with Crippen molar-refractivity contribution in [2.24, 2.45) is 0 Å². The Labute approximate surface area is 135 Å². The minimum absolute atomic E-state index is 0.159. The topological polar surface area (TPSA) is 38.8 Å². The van der Waals surface area contributed by atoms with Gasteiger partial charge in [-0.2, -0.15) is 0 Å². The first-order chi connectivity index (χ1) is 10.5. The highest BCUT2D eigenvalue weighted by molar-refractivity contribution is 9.10. The van der Waals surface area contributed by atoms with Crippen LogP contribution in [0.1, 0.15) is 15.9 Å². The molecule has 2 aromatic carbocycles. The summed E-state index contributed by atoms with van der Waals surface area (Å²) in [5, 5.41) is 0. The summed E-state index contributed by atoms with van der Waals surface area (Å²) in [7, 11) is 1.63. The molecule has 0 aromatic heterocycles. The van der Waals surface area contributed by atoms with Gasteiger partial charge in [-0.05, 0) is 36.4 Å². The number of hydrogen-bond acceptors (Lipinski definition) is 3. The fourth-order valence-corrected chi connectivity index (χ4v) is 2.65. The summed E-state index contributed by atoms with van der Waals surface area (Å²) >= 11 is 3.30. The summed E-state index contributed by atoms with van der Waals surface area (Å²) in [6, 6.07) is 9.67. The van der Waals surface area contributed by atoms with Crippen LogP contribution in [0.15, 0.2) is 40.9 Å². The van der Waals surface area contributed by atoms with Crippen LogP contribution in [0.25, 0.3) is 0 Å². The molecule has 6 heteroatoms. The standard InChI is InChI=1S/C16H13BrFNO3/c1-19(8-11-6-12(17)3-4-13(11)18)16(20)10-2-5-14-15(7-10)22-9-21-14/h2-7H,8-9H2,1H3. The van der Waals surface area contributed by atoms with E-state index in [1.807, 2.05) is 0 Å². The number of nitrogens with zero attached hydrogens (tertiary/aromatic N) is 1. The summed E-state index contributed by atoms with van der Waals surface area (Å²) in [6.07, 6.45) is 0. The molecular formula is C16H13BrFNO3. The van der Waals surface area contributed by atoms with Crippen molar-refractivity contribution in [1.82, 2.24) is 4.90 Å². The van der Waals surface area contributed by atoms with Crippen LogP contribution in [-0.2, 0) is 6.54 Å². The molecule has 0 N–H and O–H groups in total. The monoisotopic (exact) mass is 365 g/mol. The summed E-state index contributed by atoms with van der Waals surface area (Å²) in [4.78, 5) is 13.9. The molecule has 2 aromatic rings. The maximum atomic E-state index is 13.8. The zero-order valence-electron chi connectivity index (χ0n) is 11.8. The van der Waals surface area contributed by atoms with Crippen molar-refractivity contribution < 1.29 is 18.7 Å². The van der Waals surface area contributed by atoms with Crippen LogP contribution in [0.5, 0.6) is 11.5 Å². The normalized spacial score (nSPS) is 12.3. The third-order valence-electron chi connectivity index (χ3n) is 3.38. The first-order valence-corrected chi connectivity index (χ1v) is 7.43. The van der Waals surface area contributed by atoms with Crippen LogP contribution < -0.4 is 9.47 Å². The SMILES string of the molecule is CN(Cc1cc(Br)ccc1F)C(=O)c1ccc2c(c1)OCO2. The Bertz CT molecular complexity index is 735. The molecule has 1 aliphatic rings. The highest BCUT2D eigenvalue weighted by Gasteiger charge is 2.19. The van der Waals surface area contributed by atoms with E-state index in [2.05, 4.69) is 15.9 Å². The lowest BCUT2D eigenvalue weighted by Crippen LogP contribution is -2.26. The Morgan fingerprint density at radius 3 is 2.82 bits per heavy atom. The van der Waals surface area contributed by atoms with E-state index in [1.165, 1.54) is 11.0 Å². The number of amides is 1. The molecule has 0 aliphatic carbocycles. The van der Waals surface area contributed by atoms with Gasteiger partial charge in [0.2, 0.25) is 6.79 Å². The van der Waals surface area contributed by atoms with E-state index in [4.69, 9.17) is 9.47 Å². The van der Waals surface area contributed by atoms with Gasteiger partial charge >= 0.3 is 0 Å². The van der Waals surface area contributed by atoms with E-state index in [1.54, 1.807) is 37.4 Å². The molecule has 0 spiro atoms. The zero-order valence-corrected chi connectivity index (χ0v) is 13.4. The Hall–Kier alpha value is -2.08. The van der Waals surface area contributed by atoms with E-state index >= 15 is 0 Å². The molecule has 4 nitrogen and oxygen atoms in total. The average Bonchev–Trinajstić information content (AvgIpc) is 2.97. The quantitative estimate of drug-likeness (QED) is 0.834. The predicted octanol–water partition coefficient (Wildman–Crippen LogP) is 3.59. The van der Waals surface area contributed by atoms with Gasteiger partial charge in [-0.1, -0.05) is 15.9 Å². The molecule has 0 radical (unpaired) electrons. The summed E-state index contributed by atoms with van der Waals surface area (Å²) < 4.78 is 25.0. The number of fused-ring (bicyclic) bond motifs is 1. The lowest BCUT2D eigenvalue weighted by Gasteiger charge is -2.18. The number of ether oxygens (including phenoxy) is 2. The Kier molecular flexibility index (Phi) is 4.02. The molecule has 22 heavy (non-hydrogen) atoms. The van der Waals surface area contributed by atoms with Gasteiger partial charge in [-0.3, -0.25) is 4.79 Å². The molecular weight excluding hydrogens is 353 g/mol. The number of halogens is 2. The first-order valence-electron chi connectivity index (χ1n) is 6.63. The van der Waals surface area contributed by atoms with Crippen molar-refractivity contribution in [3.05, 3.63) is 57.8 Å². The van der Waals surface area contributed by atoms with Crippen molar-refractivity contribution in [2.75, 3.05) is 13.8 Å². The highest BCUT2D eigenvalue weighted by Crippen LogP contribution is 2.32. The van der Waals surface area contributed by atoms with Crippen LogP contribution in [0.2, 0.25) is 0 Å². The molecule has 114 valence electrons. The van der Waals surface area contributed by atoms with Gasteiger partial charge < -0.3 is 14.4 Å². The fourth-order valence-electron chi connectivity index (χ4n) is 2.24. The minimum atomic E-state index is -0.339. The van der Waals surface area contributed by atoms with Crippen LogP contribution in [0.3, 0.4) is 0 Å². The molecule has 1 aliphatic heterocycles. The molecule has 1 amide bonds. The maximum Gasteiger partial charge on any atom is 0.254 e. The van der Waals surface area contributed by atoms with Crippen molar-refractivity contribution in [1.29, 1.82) is 0 Å². The zero-order chi connectivity index (χ0) is 15.7. The van der Waals surface area contributed by atoms with Crippen molar-refractivity contribution >= 4 is 21.8 Å². The molecule has 0 saturated carbocycles. The molecule has 0 unspecified atom stereocenters. The smallest absolute Gasteiger partial charge is 0.254 e. The summed E-state index contributed by atoms with van der Waals surface area (Å²) in [6.45, 7) is 0.338. The van der Waals surface area contributed by atoms with Crippen LogP contribution in [0, 0.1) is 5.82 Å². The molecule has 0 saturated heterocycles. The number of hydrogen-bond donors (Lipinski definition) is 0. The molecule has 0 bridgehead atoms. The van der Waals surface area contributed by atoms with Gasteiger partial charge in [0.25, 0.3) is 5.91 Å². The number of carbonyl (C=O) groups is 1. The van der Waals surface area contributed by atoms with Gasteiger partial charge in [0.05, 0.1) is 0 Å². The number of benzene rings is 2. The van der Waals surface area contributed by atoms with E-state index in [-0.39, 0.29) is 25.1 Å². The highest BCUT2D eigenvalue weighted by atomic mass is 79.9. The van der Waals surface area contributed by atoms with Crippen molar-refractivity contribution in [3.63, 3.8) is 0 Å². The first kappa shape index (κ1) is 14.8. The van der Waals surface area contributed by atoms with Gasteiger partial charge in [0.1, 0.15) is 5.82 Å².